The van der Waals surface area contributed by atoms with Gasteiger partial charge in [-0.05, 0) is 58.3 Å². The largest absolute Gasteiger partial charge is 0.394 e. The highest BCUT2D eigenvalue weighted by Crippen LogP contribution is 2.22. The van der Waals surface area contributed by atoms with Gasteiger partial charge in [-0.3, -0.25) is 4.90 Å². The Morgan fingerprint density at radius 1 is 1.29 bits per heavy atom. The molecule has 3 nitrogen and oxygen atoms in total. The van der Waals surface area contributed by atoms with Crippen LogP contribution in [0.1, 0.15) is 50.8 Å². The van der Waals surface area contributed by atoms with E-state index in [1.165, 1.54) is 11.1 Å². The van der Waals surface area contributed by atoms with Crippen LogP contribution in [0.4, 0.5) is 0 Å². The van der Waals surface area contributed by atoms with Crippen molar-refractivity contribution in [2.75, 3.05) is 26.7 Å². The van der Waals surface area contributed by atoms with E-state index in [1.54, 1.807) is 0 Å². The van der Waals surface area contributed by atoms with E-state index in [9.17, 15) is 5.11 Å². The Morgan fingerprint density at radius 2 is 1.95 bits per heavy atom. The number of aliphatic hydroxyl groups excluding tert-OH is 1. The van der Waals surface area contributed by atoms with Crippen LogP contribution in [0.2, 0.25) is 0 Å². The molecule has 0 amide bonds. The molecule has 0 aliphatic heterocycles. The summed E-state index contributed by atoms with van der Waals surface area (Å²) in [7, 11) is 2.09. The van der Waals surface area contributed by atoms with Gasteiger partial charge in [0, 0.05) is 18.1 Å². The summed E-state index contributed by atoms with van der Waals surface area (Å²) in [5, 5.41) is 13.1. The maximum Gasteiger partial charge on any atom is 0.0609 e. The van der Waals surface area contributed by atoms with Crippen molar-refractivity contribution >= 4 is 0 Å². The monoisotopic (exact) mass is 292 g/mol. The van der Waals surface area contributed by atoms with Crippen LogP contribution >= 0.6 is 0 Å². The van der Waals surface area contributed by atoms with Gasteiger partial charge in [0.2, 0.25) is 0 Å². The van der Waals surface area contributed by atoms with E-state index in [-0.39, 0.29) is 12.1 Å². The first-order chi connectivity index (χ1) is 9.92. The molecule has 0 radical (unpaired) electrons. The molecule has 0 aliphatic carbocycles. The summed E-state index contributed by atoms with van der Waals surface area (Å²) in [6.45, 7) is 10.7. The fourth-order valence-corrected chi connectivity index (χ4v) is 2.41. The predicted molar refractivity (Wildman–Crippen MR) is 90.6 cm³/mol. The zero-order chi connectivity index (χ0) is 15.9. The van der Waals surface area contributed by atoms with Gasteiger partial charge in [-0.25, -0.2) is 0 Å². The fourth-order valence-electron chi connectivity index (χ4n) is 2.41. The van der Waals surface area contributed by atoms with Crippen molar-refractivity contribution in [1.29, 1.82) is 0 Å². The number of nitrogens with zero attached hydrogens (tertiary/aromatic N) is 1. The molecule has 0 heterocycles. The van der Waals surface area contributed by atoms with Crippen molar-refractivity contribution in [2.45, 2.75) is 52.1 Å². The van der Waals surface area contributed by atoms with Crippen LogP contribution in [0.3, 0.4) is 0 Å². The molecule has 0 saturated heterocycles. The second-order valence-electron chi connectivity index (χ2n) is 6.54. The molecule has 1 atom stereocenters. The standard InChI is InChI=1S/C18H32N2O/c1-6-12-19-17(16-10-8-7-9-15(16)2)11-13-20(5)18(3,4)14-21/h7-10,17,19,21H,6,11-14H2,1-5H3. The molecule has 120 valence electrons. The summed E-state index contributed by atoms with van der Waals surface area (Å²) >= 11 is 0. The highest BCUT2D eigenvalue weighted by atomic mass is 16.3. The smallest absolute Gasteiger partial charge is 0.0609 e. The summed E-state index contributed by atoms with van der Waals surface area (Å²) in [6.07, 6.45) is 2.19. The number of hydrogen-bond acceptors (Lipinski definition) is 3. The van der Waals surface area contributed by atoms with Crippen LogP contribution in [-0.2, 0) is 0 Å². The van der Waals surface area contributed by atoms with E-state index in [0.717, 1.165) is 25.9 Å². The number of benzene rings is 1. The highest BCUT2D eigenvalue weighted by molar-refractivity contribution is 5.28. The number of likely N-dealkylation sites (N-methyl/N-ethyl adjacent to an activating group) is 1. The van der Waals surface area contributed by atoms with E-state index in [2.05, 4.69) is 69.2 Å². The quantitative estimate of drug-likeness (QED) is 0.734. The van der Waals surface area contributed by atoms with Crippen molar-refractivity contribution < 1.29 is 5.11 Å². The van der Waals surface area contributed by atoms with Crippen LogP contribution in [0, 0.1) is 6.92 Å². The van der Waals surface area contributed by atoms with E-state index in [4.69, 9.17) is 0 Å². The summed E-state index contributed by atoms with van der Waals surface area (Å²) in [5.41, 5.74) is 2.57. The summed E-state index contributed by atoms with van der Waals surface area (Å²) in [6, 6.07) is 8.99. The molecular weight excluding hydrogens is 260 g/mol. The number of aliphatic hydroxyl groups is 1. The minimum atomic E-state index is -0.166. The van der Waals surface area contributed by atoms with Crippen molar-refractivity contribution in [2.24, 2.45) is 0 Å². The average molecular weight is 292 g/mol. The Morgan fingerprint density at radius 3 is 2.52 bits per heavy atom. The maximum absolute atomic E-state index is 9.47. The Hall–Kier alpha value is -0.900. The minimum Gasteiger partial charge on any atom is -0.394 e. The normalized spacial score (nSPS) is 13.7. The first-order valence-electron chi connectivity index (χ1n) is 8.03. The third kappa shape index (κ3) is 5.42. The molecular formula is C18H32N2O. The zero-order valence-electron chi connectivity index (χ0n) is 14.3. The van der Waals surface area contributed by atoms with Crippen molar-refractivity contribution in [3.63, 3.8) is 0 Å². The SMILES string of the molecule is CCCNC(CCN(C)C(C)(C)CO)c1ccccc1C. The number of nitrogens with one attached hydrogen (secondary N) is 1. The molecule has 0 spiro atoms. The summed E-state index contributed by atoms with van der Waals surface area (Å²) < 4.78 is 0. The zero-order valence-corrected chi connectivity index (χ0v) is 14.3. The number of hydrogen-bond donors (Lipinski definition) is 2. The molecule has 1 aromatic rings. The Balaban J connectivity index is 2.74. The van der Waals surface area contributed by atoms with Gasteiger partial charge in [0.25, 0.3) is 0 Å². The molecule has 21 heavy (non-hydrogen) atoms. The second-order valence-corrected chi connectivity index (χ2v) is 6.54. The van der Waals surface area contributed by atoms with Gasteiger partial charge in [-0.2, -0.15) is 0 Å². The topological polar surface area (TPSA) is 35.5 Å². The third-order valence-electron chi connectivity index (χ3n) is 4.38. The van der Waals surface area contributed by atoms with Gasteiger partial charge in [-0.1, -0.05) is 31.2 Å². The summed E-state index contributed by atoms with van der Waals surface area (Å²) in [4.78, 5) is 2.24. The number of rotatable bonds is 9. The minimum absolute atomic E-state index is 0.166. The van der Waals surface area contributed by atoms with E-state index >= 15 is 0 Å². The molecule has 1 unspecified atom stereocenters. The predicted octanol–water partition coefficient (Wildman–Crippen LogP) is 3.13. The molecule has 1 rings (SSSR count). The van der Waals surface area contributed by atoms with Crippen molar-refractivity contribution in [3.8, 4) is 0 Å². The van der Waals surface area contributed by atoms with Gasteiger partial charge < -0.3 is 10.4 Å². The molecule has 1 aromatic carbocycles. The van der Waals surface area contributed by atoms with E-state index in [0.29, 0.717) is 6.04 Å². The van der Waals surface area contributed by atoms with Gasteiger partial charge in [0.15, 0.2) is 0 Å². The second kappa shape index (κ2) is 8.52. The Bertz CT molecular complexity index is 417. The molecule has 0 saturated carbocycles. The van der Waals surface area contributed by atoms with Crippen LogP contribution in [-0.4, -0.2) is 42.3 Å². The number of aryl methyl sites for hydroxylation is 1. The highest BCUT2D eigenvalue weighted by Gasteiger charge is 2.23. The lowest BCUT2D eigenvalue weighted by atomic mass is 9.97. The lowest BCUT2D eigenvalue weighted by molar-refractivity contribution is 0.0757. The van der Waals surface area contributed by atoms with E-state index < -0.39 is 0 Å². The van der Waals surface area contributed by atoms with E-state index in [1.807, 2.05) is 0 Å². The van der Waals surface area contributed by atoms with Gasteiger partial charge in [0.1, 0.15) is 0 Å². The molecule has 0 bridgehead atoms. The molecule has 2 N–H and O–H groups in total. The Kier molecular flexibility index (Phi) is 7.36. The first kappa shape index (κ1) is 18.1. The fraction of sp³-hybridized carbons (Fsp3) is 0.667. The molecule has 0 aliphatic rings. The lowest BCUT2D eigenvalue weighted by Crippen LogP contribution is -2.45. The first-order valence-corrected chi connectivity index (χ1v) is 8.03. The Labute approximate surface area is 130 Å². The molecule has 0 aromatic heterocycles. The van der Waals surface area contributed by atoms with Crippen LogP contribution in [0.15, 0.2) is 24.3 Å². The van der Waals surface area contributed by atoms with Crippen LogP contribution in [0.5, 0.6) is 0 Å². The van der Waals surface area contributed by atoms with Gasteiger partial charge >= 0.3 is 0 Å². The van der Waals surface area contributed by atoms with Gasteiger partial charge in [-0.15, -0.1) is 0 Å². The van der Waals surface area contributed by atoms with Crippen molar-refractivity contribution in [3.05, 3.63) is 35.4 Å². The van der Waals surface area contributed by atoms with Crippen molar-refractivity contribution in [1.82, 2.24) is 10.2 Å². The van der Waals surface area contributed by atoms with Crippen LogP contribution < -0.4 is 5.32 Å². The maximum atomic E-state index is 9.47. The lowest BCUT2D eigenvalue weighted by Gasteiger charge is -2.35. The molecule has 3 heteroatoms. The molecule has 0 fully saturated rings. The summed E-state index contributed by atoms with van der Waals surface area (Å²) in [5.74, 6) is 0. The van der Waals surface area contributed by atoms with Gasteiger partial charge in [0.05, 0.1) is 6.61 Å². The van der Waals surface area contributed by atoms with Crippen LogP contribution in [0.25, 0.3) is 0 Å². The third-order valence-corrected chi connectivity index (χ3v) is 4.38. The average Bonchev–Trinajstić information content (AvgIpc) is 2.48.